The van der Waals surface area contributed by atoms with E-state index in [0.717, 1.165) is 6.42 Å². The molecule has 5 heteroatoms. The predicted octanol–water partition coefficient (Wildman–Crippen LogP) is 1.36. The summed E-state index contributed by atoms with van der Waals surface area (Å²) in [6, 6.07) is 7.08. The van der Waals surface area contributed by atoms with Gasteiger partial charge in [0.25, 0.3) is 0 Å². The molecule has 1 aromatic rings. The maximum atomic E-state index is 12.1. The summed E-state index contributed by atoms with van der Waals surface area (Å²) in [5, 5.41) is 0. The molecule has 1 aliphatic rings. The Morgan fingerprint density at radius 1 is 1.24 bits per heavy atom. The van der Waals surface area contributed by atoms with Crippen LogP contribution in [-0.2, 0) is 15.8 Å². The van der Waals surface area contributed by atoms with Crippen LogP contribution in [0.4, 0.5) is 5.69 Å². The highest BCUT2D eigenvalue weighted by atomic mass is 32.2. The van der Waals surface area contributed by atoms with Crippen molar-refractivity contribution in [1.82, 2.24) is 4.31 Å². The third kappa shape index (κ3) is 2.87. The smallest absolute Gasteiger partial charge is 0.218 e. The Kier molecular flexibility index (Phi) is 3.49. The van der Waals surface area contributed by atoms with E-state index in [0.29, 0.717) is 24.3 Å². The van der Waals surface area contributed by atoms with E-state index in [2.05, 4.69) is 0 Å². The lowest BCUT2D eigenvalue weighted by Crippen LogP contribution is -2.34. The Bertz CT molecular complexity index is 523. The van der Waals surface area contributed by atoms with Gasteiger partial charge in [-0.2, -0.15) is 4.31 Å². The molecule has 0 bridgehead atoms. The van der Waals surface area contributed by atoms with Crippen molar-refractivity contribution in [2.24, 2.45) is 0 Å². The van der Waals surface area contributed by atoms with Crippen LogP contribution < -0.4 is 5.73 Å². The van der Waals surface area contributed by atoms with E-state index < -0.39 is 10.0 Å². The van der Waals surface area contributed by atoms with Crippen LogP contribution in [0.5, 0.6) is 0 Å². The van der Waals surface area contributed by atoms with Crippen LogP contribution in [0.1, 0.15) is 12.0 Å². The Hall–Kier alpha value is -1.33. The SMILES string of the molecule is Nc1ccccc1CS(=O)(=O)N1CC=CCC1. The predicted molar refractivity (Wildman–Crippen MR) is 68.8 cm³/mol. The van der Waals surface area contributed by atoms with Gasteiger partial charge in [-0.05, 0) is 18.1 Å². The number of anilines is 1. The monoisotopic (exact) mass is 252 g/mol. The van der Waals surface area contributed by atoms with Crippen molar-refractivity contribution >= 4 is 15.7 Å². The number of nitrogens with zero attached hydrogens (tertiary/aromatic N) is 1. The maximum absolute atomic E-state index is 12.1. The van der Waals surface area contributed by atoms with E-state index in [4.69, 9.17) is 5.73 Å². The summed E-state index contributed by atoms with van der Waals surface area (Å²) in [6.45, 7) is 1.03. The number of nitrogen functional groups attached to an aromatic ring is 1. The van der Waals surface area contributed by atoms with Crippen molar-refractivity contribution in [2.45, 2.75) is 12.2 Å². The highest BCUT2D eigenvalue weighted by Gasteiger charge is 2.22. The number of hydrogen-bond acceptors (Lipinski definition) is 3. The van der Waals surface area contributed by atoms with Crippen molar-refractivity contribution < 1.29 is 8.42 Å². The first-order chi connectivity index (χ1) is 8.09. The lowest BCUT2D eigenvalue weighted by atomic mass is 10.2. The van der Waals surface area contributed by atoms with Gasteiger partial charge in [-0.3, -0.25) is 0 Å². The highest BCUT2D eigenvalue weighted by Crippen LogP contribution is 2.18. The second-order valence-corrected chi connectivity index (χ2v) is 6.04. The fourth-order valence-corrected chi connectivity index (χ4v) is 3.36. The lowest BCUT2D eigenvalue weighted by Gasteiger charge is -2.23. The molecule has 4 nitrogen and oxygen atoms in total. The molecule has 2 N–H and O–H groups in total. The average Bonchev–Trinajstić information content (AvgIpc) is 2.33. The molecule has 1 aliphatic heterocycles. The van der Waals surface area contributed by atoms with Gasteiger partial charge in [0, 0.05) is 18.8 Å². The molecule has 92 valence electrons. The van der Waals surface area contributed by atoms with Gasteiger partial charge in [-0.25, -0.2) is 8.42 Å². The zero-order valence-electron chi connectivity index (χ0n) is 9.54. The number of para-hydroxylation sites is 1. The van der Waals surface area contributed by atoms with Gasteiger partial charge in [0.15, 0.2) is 0 Å². The molecule has 0 saturated carbocycles. The van der Waals surface area contributed by atoms with Gasteiger partial charge >= 0.3 is 0 Å². The van der Waals surface area contributed by atoms with Crippen molar-refractivity contribution in [2.75, 3.05) is 18.8 Å². The van der Waals surface area contributed by atoms with Crippen LogP contribution >= 0.6 is 0 Å². The molecule has 0 radical (unpaired) electrons. The Morgan fingerprint density at radius 2 is 2.00 bits per heavy atom. The fourth-order valence-electron chi connectivity index (χ4n) is 1.83. The standard InChI is InChI=1S/C12H16N2O2S/c13-12-7-3-2-6-11(12)10-17(15,16)14-8-4-1-5-9-14/h1-4,6-7H,5,8-10,13H2. The molecule has 17 heavy (non-hydrogen) atoms. The second-order valence-electron chi connectivity index (χ2n) is 4.07. The molecule has 1 aromatic carbocycles. The zero-order chi connectivity index (χ0) is 12.3. The third-order valence-electron chi connectivity index (χ3n) is 2.81. The largest absolute Gasteiger partial charge is 0.398 e. The summed E-state index contributed by atoms with van der Waals surface area (Å²) in [5.41, 5.74) is 6.96. The van der Waals surface area contributed by atoms with Crippen LogP contribution in [-0.4, -0.2) is 25.8 Å². The fraction of sp³-hybridized carbons (Fsp3) is 0.333. The highest BCUT2D eigenvalue weighted by molar-refractivity contribution is 7.88. The number of rotatable bonds is 3. The van der Waals surface area contributed by atoms with Crippen molar-refractivity contribution in [3.05, 3.63) is 42.0 Å². The van der Waals surface area contributed by atoms with Crippen LogP contribution in [0, 0.1) is 0 Å². The van der Waals surface area contributed by atoms with E-state index in [9.17, 15) is 8.42 Å². The molecule has 0 fully saturated rings. The minimum absolute atomic E-state index is 0.0203. The molecule has 1 heterocycles. The van der Waals surface area contributed by atoms with Gasteiger partial charge in [-0.1, -0.05) is 30.4 Å². The molecule has 0 unspecified atom stereocenters. The van der Waals surface area contributed by atoms with Crippen molar-refractivity contribution in [3.63, 3.8) is 0 Å². The lowest BCUT2D eigenvalue weighted by molar-refractivity contribution is 0.437. The zero-order valence-corrected chi connectivity index (χ0v) is 10.4. The first-order valence-electron chi connectivity index (χ1n) is 5.56. The summed E-state index contributed by atoms with van der Waals surface area (Å²) >= 11 is 0. The first-order valence-corrected chi connectivity index (χ1v) is 7.17. The molecule has 0 aromatic heterocycles. The van der Waals surface area contributed by atoms with E-state index in [1.165, 1.54) is 4.31 Å². The average molecular weight is 252 g/mol. The van der Waals surface area contributed by atoms with Gasteiger partial charge in [-0.15, -0.1) is 0 Å². The van der Waals surface area contributed by atoms with Gasteiger partial charge < -0.3 is 5.73 Å². The van der Waals surface area contributed by atoms with E-state index in [1.54, 1.807) is 24.3 Å². The molecule has 0 aliphatic carbocycles. The van der Waals surface area contributed by atoms with Crippen LogP contribution in [0.25, 0.3) is 0 Å². The number of nitrogens with two attached hydrogens (primary N) is 1. The molecule has 0 spiro atoms. The quantitative estimate of drug-likeness (QED) is 0.652. The minimum atomic E-state index is -3.26. The molecule has 2 rings (SSSR count). The maximum Gasteiger partial charge on any atom is 0.218 e. The van der Waals surface area contributed by atoms with Gasteiger partial charge in [0.1, 0.15) is 0 Å². The summed E-state index contributed by atoms with van der Waals surface area (Å²) in [4.78, 5) is 0. The topological polar surface area (TPSA) is 63.4 Å². The minimum Gasteiger partial charge on any atom is -0.398 e. The van der Waals surface area contributed by atoms with Crippen molar-refractivity contribution in [3.8, 4) is 0 Å². The third-order valence-corrected chi connectivity index (χ3v) is 4.60. The summed E-state index contributed by atoms with van der Waals surface area (Å²) in [7, 11) is -3.26. The molecular weight excluding hydrogens is 236 g/mol. The Morgan fingerprint density at radius 3 is 2.65 bits per heavy atom. The molecular formula is C12H16N2O2S. The number of hydrogen-bond donors (Lipinski definition) is 1. The number of sulfonamides is 1. The summed E-state index contributed by atoms with van der Waals surface area (Å²) in [5.74, 6) is -0.0203. The summed E-state index contributed by atoms with van der Waals surface area (Å²) < 4.78 is 25.8. The first kappa shape index (κ1) is 12.1. The molecule has 0 saturated heterocycles. The van der Waals surface area contributed by atoms with Gasteiger partial charge in [0.2, 0.25) is 10.0 Å². The number of benzene rings is 1. The molecule has 0 amide bonds. The Labute approximate surface area is 102 Å². The van der Waals surface area contributed by atoms with Crippen LogP contribution in [0.2, 0.25) is 0 Å². The van der Waals surface area contributed by atoms with Crippen LogP contribution in [0.15, 0.2) is 36.4 Å². The van der Waals surface area contributed by atoms with Crippen molar-refractivity contribution in [1.29, 1.82) is 0 Å². The van der Waals surface area contributed by atoms with Crippen LogP contribution in [0.3, 0.4) is 0 Å². The van der Waals surface area contributed by atoms with E-state index in [1.807, 2.05) is 12.2 Å². The van der Waals surface area contributed by atoms with E-state index in [-0.39, 0.29) is 5.75 Å². The Balaban J connectivity index is 2.17. The van der Waals surface area contributed by atoms with E-state index >= 15 is 0 Å². The van der Waals surface area contributed by atoms with Gasteiger partial charge in [0.05, 0.1) is 5.75 Å². The second kappa shape index (κ2) is 4.89. The summed E-state index contributed by atoms with van der Waals surface area (Å²) in [6.07, 6.45) is 4.67. The normalized spacial score (nSPS) is 17.2. The molecule has 0 atom stereocenters.